The number of piperazine rings is 1. The predicted molar refractivity (Wildman–Crippen MR) is 120 cm³/mol. The first-order valence-electron chi connectivity index (χ1n) is 9.78. The van der Waals surface area contributed by atoms with E-state index in [9.17, 15) is 4.79 Å². The van der Waals surface area contributed by atoms with Crippen LogP contribution in [0.2, 0.25) is 5.02 Å². The van der Waals surface area contributed by atoms with E-state index in [1.54, 1.807) is 10.1 Å². The number of amides is 1. The molecule has 1 aliphatic rings. The maximum atomic E-state index is 13.0. The third-order valence-electron chi connectivity index (χ3n) is 5.10. The summed E-state index contributed by atoms with van der Waals surface area (Å²) in [7, 11) is 0. The standard InChI is InChI=1S/C21H18ClN7OS/c22-16-6-4-5-15(13-16)19-23-18(14-31-19)20(30)27-9-11-28(12-10-27)21-24-25-26-29(21)17-7-2-1-3-8-17/h1-8,13-14H,9-12H2. The molecule has 1 aliphatic heterocycles. The van der Waals surface area contributed by atoms with Crippen LogP contribution >= 0.6 is 22.9 Å². The second kappa shape index (κ2) is 8.44. The van der Waals surface area contributed by atoms with Crippen LogP contribution in [0, 0.1) is 0 Å². The van der Waals surface area contributed by atoms with E-state index >= 15 is 0 Å². The lowest BCUT2D eigenvalue weighted by Gasteiger charge is -2.34. The Labute approximate surface area is 187 Å². The van der Waals surface area contributed by atoms with E-state index in [1.165, 1.54) is 11.3 Å². The summed E-state index contributed by atoms with van der Waals surface area (Å²) in [5, 5.41) is 15.4. The molecule has 0 aliphatic carbocycles. The van der Waals surface area contributed by atoms with Crippen LogP contribution in [0.15, 0.2) is 60.0 Å². The van der Waals surface area contributed by atoms with Gasteiger partial charge in [0.1, 0.15) is 10.7 Å². The first-order chi connectivity index (χ1) is 15.2. The Bertz CT molecular complexity index is 1200. The van der Waals surface area contributed by atoms with Crippen molar-refractivity contribution in [3.05, 3.63) is 70.7 Å². The van der Waals surface area contributed by atoms with Crippen LogP contribution in [0.5, 0.6) is 0 Å². The van der Waals surface area contributed by atoms with Gasteiger partial charge in [-0.25, -0.2) is 4.98 Å². The predicted octanol–water partition coefficient (Wildman–Crippen LogP) is 3.40. The summed E-state index contributed by atoms with van der Waals surface area (Å²) in [6, 6.07) is 17.2. The molecule has 1 amide bonds. The number of anilines is 1. The molecule has 4 aromatic rings. The van der Waals surface area contributed by atoms with Gasteiger partial charge < -0.3 is 9.80 Å². The molecule has 8 nitrogen and oxygen atoms in total. The van der Waals surface area contributed by atoms with Crippen molar-refractivity contribution >= 4 is 34.8 Å². The maximum Gasteiger partial charge on any atom is 0.273 e. The second-order valence-corrected chi connectivity index (χ2v) is 8.35. The summed E-state index contributed by atoms with van der Waals surface area (Å²) in [4.78, 5) is 21.4. The summed E-state index contributed by atoms with van der Waals surface area (Å²) in [6.45, 7) is 2.43. The van der Waals surface area contributed by atoms with Crippen LogP contribution in [0.4, 0.5) is 5.95 Å². The van der Waals surface area contributed by atoms with E-state index in [0.29, 0.717) is 42.8 Å². The first-order valence-corrected chi connectivity index (χ1v) is 11.0. The van der Waals surface area contributed by atoms with Crippen molar-refractivity contribution in [1.82, 2.24) is 30.1 Å². The molecule has 2 aromatic carbocycles. The Morgan fingerprint density at radius 2 is 1.81 bits per heavy atom. The lowest BCUT2D eigenvalue weighted by Crippen LogP contribution is -2.49. The number of aromatic nitrogens is 5. The maximum absolute atomic E-state index is 13.0. The zero-order valence-corrected chi connectivity index (χ0v) is 18.0. The lowest BCUT2D eigenvalue weighted by atomic mass is 10.2. The van der Waals surface area contributed by atoms with Gasteiger partial charge in [-0.2, -0.15) is 4.68 Å². The summed E-state index contributed by atoms with van der Waals surface area (Å²) in [5.74, 6) is 0.613. The minimum atomic E-state index is -0.0631. The van der Waals surface area contributed by atoms with Crippen molar-refractivity contribution in [1.29, 1.82) is 0 Å². The minimum Gasteiger partial charge on any atom is -0.336 e. The van der Waals surface area contributed by atoms with Crippen LogP contribution in [0.1, 0.15) is 10.5 Å². The van der Waals surface area contributed by atoms with E-state index in [0.717, 1.165) is 16.3 Å². The highest BCUT2D eigenvalue weighted by Crippen LogP contribution is 2.27. The van der Waals surface area contributed by atoms with Gasteiger partial charge in [-0.1, -0.05) is 47.0 Å². The molecule has 31 heavy (non-hydrogen) atoms. The Hall–Kier alpha value is -3.30. The average Bonchev–Trinajstić information content (AvgIpc) is 3.50. The molecular formula is C21H18ClN7OS. The van der Waals surface area contributed by atoms with Gasteiger partial charge >= 0.3 is 0 Å². The molecule has 0 saturated carbocycles. The molecule has 0 atom stereocenters. The Morgan fingerprint density at radius 1 is 1.00 bits per heavy atom. The second-order valence-electron chi connectivity index (χ2n) is 7.05. The van der Waals surface area contributed by atoms with E-state index in [1.807, 2.05) is 59.5 Å². The molecule has 0 unspecified atom stereocenters. The lowest BCUT2D eigenvalue weighted by molar-refractivity contribution is 0.0741. The van der Waals surface area contributed by atoms with Gasteiger partial charge in [0.15, 0.2) is 0 Å². The molecule has 0 bridgehead atoms. The largest absolute Gasteiger partial charge is 0.336 e. The fourth-order valence-electron chi connectivity index (χ4n) is 3.51. The molecule has 0 radical (unpaired) electrons. The van der Waals surface area contributed by atoms with Gasteiger partial charge in [0, 0.05) is 42.1 Å². The number of hydrogen-bond donors (Lipinski definition) is 0. The highest BCUT2D eigenvalue weighted by atomic mass is 35.5. The van der Waals surface area contributed by atoms with Crippen LogP contribution in [-0.2, 0) is 0 Å². The average molecular weight is 452 g/mol. The van der Waals surface area contributed by atoms with Crippen LogP contribution < -0.4 is 4.90 Å². The van der Waals surface area contributed by atoms with Gasteiger partial charge in [-0.3, -0.25) is 4.79 Å². The van der Waals surface area contributed by atoms with E-state index < -0.39 is 0 Å². The van der Waals surface area contributed by atoms with Crippen molar-refractivity contribution in [2.24, 2.45) is 0 Å². The summed E-state index contributed by atoms with van der Waals surface area (Å²) in [5.41, 5.74) is 2.27. The number of hydrogen-bond acceptors (Lipinski definition) is 7. The fourth-order valence-corrected chi connectivity index (χ4v) is 4.49. The van der Waals surface area contributed by atoms with Crippen molar-refractivity contribution < 1.29 is 4.79 Å². The van der Waals surface area contributed by atoms with Gasteiger partial charge in [0.25, 0.3) is 5.91 Å². The summed E-state index contributed by atoms with van der Waals surface area (Å²) < 4.78 is 1.72. The van der Waals surface area contributed by atoms with E-state index in [4.69, 9.17) is 11.6 Å². The number of halogens is 1. The Kier molecular flexibility index (Phi) is 5.35. The number of para-hydroxylation sites is 1. The zero-order chi connectivity index (χ0) is 21.2. The summed E-state index contributed by atoms with van der Waals surface area (Å²) in [6.07, 6.45) is 0. The number of carbonyl (C=O) groups is 1. The fraction of sp³-hybridized carbons (Fsp3) is 0.190. The topological polar surface area (TPSA) is 80.0 Å². The molecule has 0 spiro atoms. The highest BCUT2D eigenvalue weighted by molar-refractivity contribution is 7.13. The number of thiazole rings is 1. The highest BCUT2D eigenvalue weighted by Gasteiger charge is 2.26. The third kappa shape index (κ3) is 4.01. The smallest absolute Gasteiger partial charge is 0.273 e. The molecule has 10 heteroatoms. The molecule has 1 fully saturated rings. The van der Waals surface area contributed by atoms with Crippen molar-refractivity contribution in [2.75, 3.05) is 31.1 Å². The normalized spacial score (nSPS) is 14.1. The van der Waals surface area contributed by atoms with Crippen molar-refractivity contribution in [3.8, 4) is 16.3 Å². The SMILES string of the molecule is O=C(c1csc(-c2cccc(Cl)c2)n1)N1CCN(c2nnnn2-c2ccccc2)CC1. The van der Waals surface area contributed by atoms with Gasteiger partial charge in [-0.05, 0) is 34.7 Å². The Morgan fingerprint density at radius 3 is 2.58 bits per heavy atom. The van der Waals surface area contributed by atoms with Crippen LogP contribution in [0.3, 0.4) is 0 Å². The van der Waals surface area contributed by atoms with Crippen molar-refractivity contribution in [2.45, 2.75) is 0 Å². The van der Waals surface area contributed by atoms with Crippen LogP contribution in [0.25, 0.3) is 16.3 Å². The number of rotatable bonds is 4. The van der Waals surface area contributed by atoms with Crippen LogP contribution in [-0.4, -0.2) is 62.2 Å². The van der Waals surface area contributed by atoms with Gasteiger partial charge in [0.2, 0.25) is 5.95 Å². The molecule has 5 rings (SSSR count). The Balaban J connectivity index is 1.27. The van der Waals surface area contributed by atoms with Gasteiger partial charge in [-0.15, -0.1) is 11.3 Å². The monoisotopic (exact) mass is 451 g/mol. The first kappa shape index (κ1) is 19.7. The number of nitrogens with zero attached hydrogens (tertiary/aromatic N) is 7. The van der Waals surface area contributed by atoms with E-state index in [-0.39, 0.29) is 5.91 Å². The molecule has 1 saturated heterocycles. The molecule has 156 valence electrons. The molecular weight excluding hydrogens is 434 g/mol. The minimum absolute atomic E-state index is 0.0631. The third-order valence-corrected chi connectivity index (χ3v) is 6.22. The number of benzene rings is 2. The van der Waals surface area contributed by atoms with E-state index in [2.05, 4.69) is 25.4 Å². The quantitative estimate of drug-likeness (QED) is 0.473. The molecule has 2 aromatic heterocycles. The zero-order valence-electron chi connectivity index (χ0n) is 16.4. The van der Waals surface area contributed by atoms with Gasteiger partial charge in [0.05, 0.1) is 5.69 Å². The number of tetrazole rings is 1. The number of carbonyl (C=O) groups excluding carboxylic acids is 1. The van der Waals surface area contributed by atoms with Crippen molar-refractivity contribution in [3.63, 3.8) is 0 Å². The molecule has 3 heterocycles. The summed E-state index contributed by atoms with van der Waals surface area (Å²) >= 11 is 7.52. The molecule has 0 N–H and O–H groups in total.